The normalized spacial score (nSPS) is 32.5. The zero-order chi connectivity index (χ0) is 30.6. The molecule has 1 aromatic carbocycles. The number of aliphatic hydroxyl groups excluding tert-OH is 1. The number of carbonyl (C=O) groups is 4. The van der Waals surface area contributed by atoms with Crippen molar-refractivity contribution >= 4 is 23.7 Å². The first-order chi connectivity index (χ1) is 20.8. The van der Waals surface area contributed by atoms with E-state index in [9.17, 15) is 24.3 Å². The predicted molar refractivity (Wildman–Crippen MR) is 158 cm³/mol. The SMILES string of the molecule is CCCCCN1CC=C[C@@]23O[C@H]4/C=C\CCC(=O)NC[C@H](C)OC(=O)[C@H]4[C@@H]2C(=O)N([C@@H](CO)Cc2ccccc2)[C@H]3C1=O. The van der Waals surface area contributed by atoms with Gasteiger partial charge in [0.05, 0.1) is 31.2 Å². The number of aliphatic hydroxyl groups is 1. The van der Waals surface area contributed by atoms with Crippen LogP contribution in [0.3, 0.4) is 0 Å². The van der Waals surface area contributed by atoms with Crippen LogP contribution >= 0.6 is 0 Å². The number of cyclic esters (lactones) is 1. The first-order valence-corrected chi connectivity index (χ1v) is 15.6. The quantitative estimate of drug-likeness (QED) is 0.269. The maximum absolute atomic E-state index is 14.6. The molecule has 0 radical (unpaired) electrons. The second-order valence-electron chi connectivity index (χ2n) is 12.0. The number of benzene rings is 1. The lowest BCUT2D eigenvalue weighted by molar-refractivity contribution is -0.159. The molecule has 1 aromatic rings. The third-order valence-electron chi connectivity index (χ3n) is 9.01. The Morgan fingerprint density at radius 2 is 1.88 bits per heavy atom. The van der Waals surface area contributed by atoms with Crippen molar-refractivity contribution in [2.24, 2.45) is 11.8 Å². The van der Waals surface area contributed by atoms with Crippen LogP contribution in [0, 0.1) is 11.8 Å². The average Bonchev–Trinajstić information content (AvgIpc) is 3.39. The number of allylic oxidation sites excluding steroid dienone is 1. The van der Waals surface area contributed by atoms with Gasteiger partial charge in [0.2, 0.25) is 17.7 Å². The monoisotopic (exact) mass is 593 g/mol. The molecule has 0 saturated carbocycles. The van der Waals surface area contributed by atoms with Crippen LogP contribution in [0.1, 0.15) is 51.5 Å². The number of nitrogens with one attached hydrogen (secondary N) is 1. The molecule has 4 heterocycles. The minimum Gasteiger partial charge on any atom is -0.460 e. The van der Waals surface area contributed by atoms with Gasteiger partial charge >= 0.3 is 5.97 Å². The van der Waals surface area contributed by atoms with E-state index in [-0.39, 0.29) is 31.4 Å². The molecule has 3 amide bonds. The van der Waals surface area contributed by atoms with E-state index >= 15 is 0 Å². The van der Waals surface area contributed by atoms with Gasteiger partial charge in [0.1, 0.15) is 23.7 Å². The molecule has 10 heteroatoms. The molecule has 0 aromatic heterocycles. The Labute approximate surface area is 253 Å². The zero-order valence-corrected chi connectivity index (χ0v) is 25.0. The third kappa shape index (κ3) is 6.13. The van der Waals surface area contributed by atoms with Gasteiger partial charge in [-0.25, -0.2) is 0 Å². The summed E-state index contributed by atoms with van der Waals surface area (Å²) in [6.07, 6.45) is 9.57. The smallest absolute Gasteiger partial charge is 0.313 e. The van der Waals surface area contributed by atoms with Crippen molar-refractivity contribution in [2.45, 2.75) is 82.3 Å². The molecule has 2 fully saturated rings. The van der Waals surface area contributed by atoms with Crippen molar-refractivity contribution in [3.63, 3.8) is 0 Å². The Morgan fingerprint density at radius 3 is 2.63 bits per heavy atom. The number of hydrogen-bond acceptors (Lipinski definition) is 7. The maximum Gasteiger partial charge on any atom is 0.313 e. The molecule has 0 unspecified atom stereocenters. The van der Waals surface area contributed by atoms with Crippen molar-refractivity contribution in [2.75, 3.05) is 26.2 Å². The van der Waals surface area contributed by atoms with E-state index in [2.05, 4.69) is 12.2 Å². The van der Waals surface area contributed by atoms with Gasteiger partial charge in [-0.1, -0.05) is 74.4 Å². The maximum atomic E-state index is 14.6. The molecular weight excluding hydrogens is 550 g/mol. The fourth-order valence-electron chi connectivity index (χ4n) is 6.93. The number of fused-ring (bicyclic) bond motifs is 2. The lowest BCUT2D eigenvalue weighted by Crippen LogP contribution is -2.58. The predicted octanol–water partition coefficient (Wildman–Crippen LogP) is 2.16. The molecule has 2 N–H and O–H groups in total. The second-order valence-corrected chi connectivity index (χ2v) is 12.0. The molecule has 4 aliphatic heterocycles. The first kappa shape index (κ1) is 30.9. The number of rotatable bonds is 8. The number of hydrogen-bond donors (Lipinski definition) is 2. The minimum absolute atomic E-state index is 0.146. The van der Waals surface area contributed by atoms with Crippen LogP contribution in [-0.2, 0) is 35.1 Å². The summed E-state index contributed by atoms with van der Waals surface area (Å²) in [5.41, 5.74) is -0.506. The molecule has 0 aliphatic carbocycles. The fraction of sp³-hybridized carbons (Fsp3) is 0.576. The topological polar surface area (TPSA) is 125 Å². The molecular formula is C33H43N3O7. The van der Waals surface area contributed by atoms with Gasteiger partial charge in [0.25, 0.3) is 0 Å². The lowest BCUT2D eigenvalue weighted by Gasteiger charge is -2.38. The highest BCUT2D eigenvalue weighted by Crippen LogP contribution is 2.53. The zero-order valence-electron chi connectivity index (χ0n) is 25.0. The van der Waals surface area contributed by atoms with Crippen LogP contribution in [0.25, 0.3) is 0 Å². The molecule has 10 nitrogen and oxygen atoms in total. The lowest BCUT2D eigenvalue weighted by atomic mass is 9.78. The van der Waals surface area contributed by atoms with Crippen LogP contribution in [0.5, 0.6) is 0 Å². The van der Waals surface area contributed by atoms with Gasteiger partial charge in [0.15, 0.2) is 0 Å². The Hall–Kier alpha value is -3.50. The Morgan fingerprint density at radius 1 is 1.09 bits per heavy atom. The van der Waals surface area contributed by atoms with Gasteiger partial charge in [0, 0.05) is 19.5 Å². The summed E-state index contributed by atoms with van der Waals surface area (Å²) < 4.78 is 12.5. The average molecular weight is 594 g/mol. The summed E-state index contributed by atoms with van der Waals surface area (Å²) in [5, 5.41) is 13.4. The highest BCUT2D eigenvalue weighted by atomic mass is 16.6. The minimum atomic E-state index is -1.42. The molecule has 43 heavy (non-hydrogen) atoms. The van der Waals surface area contributed by atoms with Gasteiger partial charge in [-0.2, -0.15) is 0 Å². The van der Waals surface area contributed by atoms with Crippen molar-refractivity contribution in [3.8, 4) is 0 Å². The van der Waals surface area contributed by atoms with E-state index < -0.39 is 53.6 Å². The number of nitrogens with zero attached hydrogens (tertiary/aromatic N) is 2. The number of amides is 3. The number of esters is 1. The van der Waals surface area contributed by atoms with Gasteiger partial charge in [-0.15, -0.1) is 0 Å². The molecule has 7 atom stereocenters. The van der Waals surface area contributed by atoms with E-state index in [1.54, 1.807) is 30.1 Å². The fourth-order valence-corrected chi connectivity index (χ4v) is 6.93. The number of ether oxygens (including phenoxy) is 2. The highest BCUT2D eigenvalue weighted by molar-refractivity contribution is 5.99. The molecule has 0 bridgehead atoms. The summed E-state index contributed by atoms with van der Waals surface area (Å²) in [7, 11) is 0. The van der Waals surface area contributed by atoms with Crippen LogP contribution in [-0.4, -0.2) is 94.7 Å². The van der Waals surface area contributed by atoms with Crippen molar-refractivity contribution < 1.29 is 33.8 Å². The summed E-state index contributed by atoms with van der Waals surface area (Å²) >= 11 is 0. The van der Waals surface area contributed by atoms with Gasteiger partial charge in [-0.3, -0.25) is 19.2 Å². The standard InChI is InChI=1S/C33H43N3O7/c1-3-4-10-17-35-18-11-16-33-28(27-25(43-33)14-8-9-15-26(38)34-20-22(2)42-32(27)41)30(39)36(29(33)31(35)40)24(21-37)19-23-12-6-5-7-13-23/h5-8,11-14,16,22,24-25,27-29,37H,3-4,9-10,15,17-21H2,1-2H3,(H,34,38)/b14-8-/t22-,24+,25-,27+,28+,29-,33+/m0/s1. The summed E-state index contributed by atoms with van der Waals surface area (Å²) in [6.45, 7) is 4.48. The number of likely N-dealkylation sites (tertiary alicyclic amines) is 1. The van der Waals surface area contributed by atoms with Crippen LogP contribution in [0.4, 0.5) is 0 Å². The number of unbranched alkanes of at least 4 members (excludes halogenated alkanes) is 2. The van der Waals surface area contributed by atoms with Crippen LogP contribution in [0.2, 0.25) is 0 Å². The van der Waals surface area contributed by atoms with E-state index in [0.717, 1.165) is 24.8 Å². The van der Waals surface area contributed by atoms with Crippen LogP contribution < -0.4 is 5.32 Å². The van der Waals surface area contributed by atoms with E-state index in [0.29, 0.717) is 25.9 Å². The van der Waals surface area contributed by atoms with E-state index in [1.165, 1.54) is 4.90 Å². The number of carbonyl (C=O) groups excluding carboxylic acids is 4. The largest absolute Gasteiger partial charge is 0.460 e. The Balaban J connectivity index is 1.58. The van der Waals surface area contributed by atoms with Crippen LogP contribution in [0.15, 0.2) is 54.6 Å². The van der Waals surface area contributed by atoms with E-state index in [4.69, 9.17) is 9.47 Å². The summed E-state index contributed by atoms with van der Waals surface area (Å²) in [5.74, 6) is -3.44. The molecule has 4 aliphatic rings. The molecule has 1 spiro atoms. The van der Waals surface area contributed by atoms with Crippen molar-refractivity contribution in [3.05, 3.63) is 60.2 Å². The summed E-state index contributed by atoms with van der Waals surface area (Å²) in [4.78, 5) is 58.3. The third-order valence-corrected chi connectivity index (χ3v) is 9.01. The van der Waals surface area contributed by atoms with Gasteiger partial charge < -0.3 is 29.7 Å². The summed E-state index contributed by atoms with van der Waals surface area (Å²) in [6, 6.07) is 7.77. The molecule has 2 saturated heterocycles. The Kier molecular flexibility index (Phi) is 9.66. The molecule has 232 valence electrons. The van der Waals surface area contributed by atoms with Crippen molar-refractivity contribution in [1.29, 1.82) is 0 Å². The first-order valence-electron chi connectivity index (χ1n) is 15.6. The van der Waals surface area contributed by atoms with Crippen molar-refractivity contribution in [1.82, 2.24) is 15.1 Å². The molecule has 5 rings (SSSR count). The van der Waals surface area contributed by atoms with Gasteiger partial charge in [-0.05, 0) is 31.7 Å². The Bertz CT molecular complexity index is 1250. The second kappa shape index (κ2) is 13.4. The van der Waals surface area contributed by atoms with E-state index in [1.807, 2.05) is 36.4 Å². The highest BCUT2D eigenvalue weighted by Gasteiger charge is 2.72.